The molecule has 0 aliphatic carbocycles. The van der Waals surface area contributed by atoms with Crippen molar-refractivity contribution in [3.8, 4) is 0 Å². The molecule has 0 aliphatic rings. The lowest BCUT2D eigenvalue weighted by atomic mass is 10.2. The third-order valence-electron chi connectivity index (χ3n) is 3.23. The maximum Gasteiger partial charge on any atom is 0.252 e. The Bertz CT molecular complexity index is 745. The van der Waals surface area contributed by atoms with Crippen LogP contribution in [-0.4, -0.2) is 22.8 Å². The van der Waals surface area contributed by atoms with Crippen molar-refractivity contribution in [2.24, 2.45) is 11.5 Å². The van der Waals surface area contributed by atoms with Gasteiger partial charge in [0.2, 0.25) is 5.91 Å². The number of hydrogen-bond donors (Lipinski definition) is 4. The molecule has 120 valence electrons. The molecule has 0 unspecified atom stereocenters. The highest BCUT2D eigenvalue weighted by Crippen LogP contribution is 2.22. The number of aryl methyl sites for hydroxylation is 1. The number of nitrogens with one attached hydrogen (secondary N) is 2. The fraction of sp³-hybridized carbons (Fsp3) is 0.188. The van der Waals surface area contributed by atoms with Crippen molar-refractivity contribution in [2.45, 2.75) is 19.9 Å². The summed E-state index contributed by atoms with van der Waals surface area (Å²) in [6.45, 7) is 3.58. The minimum atomic E-state index is -0.595. The molecule has 1 aromatic heterocycles. The Hall–Kier alpha value is -3.09. The molecule has 0 saturated heterocycles. The van der Waals surface area contributed by atoms with Crippen LogP contribution in [0.4, 0.5) is 17.3 Å². The van der Waals surface area contributed by atoms with Crippen LogP contribution in [0, 0.1) is 6.92 Å². The maximum absolute atomic E-state index is 11.6. The highest BCUT2D eigenvalue weighted by molar-refractivity contribution is 5.98. The van der Waals surface area contributed by atoms with Gasteiger partial charge >= 0.3 is 0 Å². The van der Waals surface area contributed by atoms with E-state index in [1.54, 1.807) is 19.1 Å². The molecule has 0 saturated carbocycles. The smallest absolute Gasteiger partial charge is 0.252 e. The average molecular weight is 313 g/mol. The van der Waals surface area contributed by atoms with Crippen LogP contribution in [0.2, 0.25) is 0 Å². The van der Waals surface area contributed by atoms with Gasteiger partial charge in [-0.15, -0.1) is 0 Å². The second-order valence-corrected chi connectivity index (χ2v) is 5.22. The van der Waals surface area contributed by atoms with E-state index in [0.29, 0.717) is 11.6 Å². The summed E-state index contributed by atoms with van der Waals surface area (Å²) in [6, 6.07) is 10.1. The minimum absolute atomic E-state index is 0.254. The van der Waals surface area contributed by atoms with E-state index in [9.17, 15) is 9.59 Å². The summed E-state index contributed by atoms with van der Waals surface area (Å²) in [5, 5.41) is 5.94. The number of anilines is 3. The number of carbonyl (C=O) groups excluding carboxylic acids is 2. The monoisotopic (exact) mass is 313 g/mol. The molecule has 0 radical (unpaired) electrons. The van der Waals surface area contributed by atoms with E-state index in [4.69, 9.17) is 11.5 Å². The molecule has 1 atom stereocenters. The van der Waals surface area contributed by atoms with Gasteiger partial charge in [-0.2, -0.15) is 0 Å². The fourth-order valence-corrected chi connectivity index (χ4v) is 1.99. The molecule has 23 heavy (non-hydrogen) atoms. The molecule has 7 heteroatoms. The standard InChI is InChI=1S/C16H19N5O2/c1-9-4-3-5-11(8-9)20-16-12(15(18)23)6-7-13(21-16)19-10(2)14(17)22/h3-8,10H,1-2H3,(H2,17,22)(H2,18,23)(H2,19,20,21)/t10-/m1/s1. The lowest BCUT2D eigenvalue weighted by Crippen LogP contribution is -2.32. The zero-order valence-electron chi connectivity index (χ0n) is 13.0. The van der Waals surface area contributed by atoms with Crippen LogP contribution in [0.1, 0.15) is 22.8 Å². The molecule has 2 aromatic rings. The largest absolute Gasteiger partial charge is 0.368 e. The van der Waals surface area contributed by atoms with Crippen molar-refractivity contribution >= 4 is 29.1 Å². The third-order valence-corrected chi connectivity index (χ3v) is 3.23. The number of primary amides is 2. The van der Waals surface area contributed by atoms with E-state index in [1.165, 1.54) is 0 Å². The molecular formula is C16H19N5O2. The Morgan fingerprint density at radius 3 is 2.52 bits per heavy atom. The van der Waals surface area contributed by atoms with E-state index in [2.05, 4.69) is 15.6 Å². The first-order chi connectivity index (χ1) is 10.9. The summed E-state index contributed by atoms with van der Waals surface area (Å²) in [6.07, 6.45) is 0. The molecule has 0 fully saturated rings. The van der Waals surface area contributed by atoms with Gasteiger partial charge in [0, 0.05) is 5.69 Å². The van der Waals surface area contributed by atoms with Gasteiger partial charge in [-0.05, 0) is 43.7 Å². The molecule has 6 N–H and O–H groups in total. The van der Waals surface area contributed by atoms with E-state index < -0.39 is 17.9 Å². The van der Waals surface area contributed by atoms with Gasteiger partial charge in [0.05, 0.1) is 5.56 Å². The number of rotatable bonds is 6. The number of aromatic nitrogens is 1. The van der Waals surface area contributed by atoms with Gasteiger partial charge in [-0.3, -0.25) is 9.59 Å². The van der Waals surface area contributed by atoms with E-state index in [-0.39, 0.29) is 5.56 Å². The van der Waals surface area contributed by atoms with Crippen molar-refractivity contribution in [3.05, 3.63) is 47.5 Å². The summed E-state index contributed by atoms with van der Waals surface area (Å²) >= 11 is 0. The first-order valence-corrected chi connectivity index (χ1v) is 7.07. The fourth-order valence-electron chi connectivity index (χ4n) is 1.99. The van der Waals surface area contributed by atoms with Gasteiger partial charge < -0.3 is 22.1 Å². The molecule has 0 aliphatic heterocycles. The second kappa shape index (κ2) is 6.78. The Morgan fingerprint density at radius 1 is 1.17 bits per heavy atom. The summed E-state index contributed by atoms with van der Waals surface area (Å²) in [5.41, 5.74) is 12.7. The molecule has 0 bridgehead atoms. The number of carbonyl (C=O) groups is 2. The molecule has 1 heterocycles. The first kappa shape index (κ1) is 16.3. The topological polar surface area (TPSA) is 123 Å². The van der Waals surface area contributed by atoms with Crippen LogP contribution < -0.4 is 22.1 Å². The predicted octanol–water partition coefficient (Wildman–Crippen LogP) is 1.52. The molecule has 2 rings (SSSR count). The molecular weight excluding hydrogens is 294 g/mol. The Kier molecular flexibility index (Phi) is 4.80. The average Bonchev–Trinajstić information content (AvgIpc) is 2.47. The number of nitrogens with two attached hydrogens (primary N) is 2. The normalized spacial score (nSPS) is 11.6. The second-order valence-electron chi connectivity index (χ2n) is 5.22. The van der Waals surface area contributed by atoms with Crippen LogP contribution >= 0.6 is 0 Å². The maximum atomic E-state index is 11.6. The number of hydrogen-bond acceptors (Lipinski definition) is 5. The summed E-state index contributed by atoms with van der Waals surface area (Å²) in [5.74, 6) is -0.373. The van der Waals surface area contributed by atoms with Crippen LogP contribution in [0.3, 0.4) is 0 Å². The number of pyridine rings is 1. The Balaban J connectivity index is 2.34. The number of nitrogens with zero attached hydrogens (tertiary/aromatic N) is 1. The highest BCUT2D eigenvalue weighted by atomic mass is 16.1. The zero-order chi connectivity index (χ0) is 17.0. The van der Waals surface area contributed by atoms with Gasteiger partial charge in [0.15, 0.2) is 0 Å². The quantitative estimate of drug-likeness (QED) is 0.644. The highest BCUT2D eigenvalue weighted by Gasteiger charge is 2.14. The van der Waals surface area contributed by atoms with Gasteiger partial charge in [-0.1, -0.05) is 12.1 Å². The molecule has 0 spiro atoms. The number of benzene rings is 1. The van der Waals surface area contributed by atoms with Gasteiger partial charge in [-0.25, -0.2) is 4.98 Å². The van der Waals surface area contributed by atoms with E-state index in [0.717, 1.165) is 11.3 Å². The van der Waals surface area contributed by atoms with Crippen LogP contribution in [0.5, 0.6) is 0 Å². The van der Waals surface area contributed by atoms with E-state index >= 15 is 0 Å². The van der Waals surface area contributed by atoms with Crippen LogP contribution in [0.15, 0.2) is 36.4 Å². The number of amides is 2. The lowest BCUT2D eigenvalue weighted by molar-refractivity contribution is -0.118. The van der Waals surface area contributed by atoms with Gasteiger partial charge in [0.25, 0.3) is 5.91 Å². The Labute approximate surface area is 134 Å². The van der Waals surface area contributed by atoms with Crippen LogP contribution in [-0.2, 0) is 4.79 Å². The van der Waals surface area contributed by atoms with Crippen molar-refractivity contribution in [1.82, 2.24) is 4.98 Å². The predicted molar refractivity (Wildman–Crippen MR) is 89.5 cm³/mol. The van der Waals surface area contributed by atoms with E-state index in [1.807, 2.05) is 31.2 Å². The third kappa shape index (κ3) is 4.19. The van der Waals surface area contributed by atoms with Crippen molar-refractivity contribution in [1.29, 1.82) is 0 Å². The zero-order valence-corrected chi connectivity index (χ0v) is 13.0. The minimum Gasteiger partial charge on any atom is -0.368 e. The SMILES string of the molecule is Cc1cccc(Nc2nc(N[C@H](C)C(N)=O)ccc2C(N)=O)c1. The first-order valence-electron chi connectivity index (χ1n) is 7.07. The molecule has 7 nitrogen and oxygen atoms in total. The van der Waals surface area contributed by atoms with Gasteiger partial charge in [0.1, 0.15) is 17.7 Å². The molecule has 2 amide bonds. The lowest BCUT2D eigenvalue weighted by Gasteiger charge is -2.14. The summed E-state index contributed by atoms with van der Waals surface area (Å²) in [7, 11) is 0. The summed E-state index contributed by atoms with van der Waals surface area (Å²) < 4.78 is 0. The van der Waals surface area contributed by atoms with Crippen molar-refractivity contribution in [2.75, 3.05) is 10.6 Å². The molecule has 1 aromatic carbocycles. The van der Waals surface area contributed by atoms with Crippen molar-refractivity contribution in [3.63, 3.8) is 0 Å². The van der Waals surface area contributed by atoms with Crippen LogP contribution in [0.25, 0.3) is 0 Å². The summed E-state index contributed by atoms with van der Waals surface area (Å²) in [4.78, 5) is 27.0. The van der Waals surface area contributed by atoms with Crippen molar-refractivity contribution < 1.29 is 9.59 Å². The Morgan fingerprint density at radius 2 is 1.91 bits per heavy atom.